The highest BCUT2D eigenvalue weighted by atomic mass is 35.5. The van der Waals surface area contributed by atoms with Crippen LogP contribution in [0.25, 0.3) is 0 Å². The molecular weight excluding hydrogens is 383 g/mol. The number of nitrogens with two attached hydrogens (primary N) is 1. The number of aromatic nitrogens is 1. The smallest absolute Gasteiger partial charge is 0.222 e. The minimum atomic E-state index is 0. The molecule has 156 valence electrons. The maximum absolute atomic E-state index is 12.4. The Morgan fingerprint density at radius 3 is 2.48 bits per heavy atom. The van der Waals surface area contributed by atoms with Crippen LogP contribution in [0, 0.1) is 5.92 Å². The first-order chi connectivity index (χ1) is 12.2. The van der Waals surface area contributed by atoms with Crippen molar-refractivity contribution in [2.45, 2.75) is 51.9 Å². The summed E-state index contributed by atoms with van der Waals surface area (Å²) in [4.78, 5) is 21.3. The Morgan fingerprint density at radius 2 is 1.89 bits per heavy atom. The van der Waals surface area contributed by atoms with Gasteiger partial charge in [-0.2, -0.15) is 0 Å². The zero-order valence-corrected chi connectivity index (χ0v) is 18.1. The minimum absolute atomic E-state index is 0. The molecule has 2 N–H and O–H groups in total. The molecule has 0 aliphatic carbocycles. The van der Waals surface area contributed by atoms with Gasteiger partial charge in [0, 0.05) is 38.8 Å². The molecule has 1 aliphatic rings. The standard InChI is InChI=1S/C20H34N4O.2ClH/c1-2-23(20(25)10-5-3-4-7-13-21)17-18-11-15-24(16-12-18)19-9-6-8-14-22-19;;/h6,8-9,14,18H,2-5,7,10-13,15-17,21H2,1H3;2*1H. The molecule has 1 aromatic heterocycles. The first-order valence-corrected chi connectivity index (χ1v) is 9.88. The number of carbonyl (C=O) groups excluding carboxylic acids is 1. The summed E-state index contributed by atoms with van der Waals surface area (Å²) >= 11 is 0. The quantitative estimate of drug-likeness (QED) is 0.585. The number of halogens is 2. The molecule has 1 fully saturated rings. The van der Waals surface area contributed by atoms with Crippen molar-refractivity contribution in [2.24, 2.45) is 11.7 Å². The van der Waals surface area contributed by atoms with Crippen molar-refractivity contribution >= 4 is 36.5 Å². The predicted octanol–water partition coefficient (Wildman–Crippen LogP) is 3.90. The Hall–Kier alpha value is -1.04. The van der Waals surface area contributed by atoms with E-state index in [-0.39, 0.29) is 24.8 Å². The second-order valence-corrected chi connectivity index (χ2v) is 7.00. The fraction of sp³-hybridized carbons (Fsp3) is 0.700. The molecule has 2 rings (SSSR count). The second kappa shape index (κ2) is 14.9. The lowest BCUT2D eigenvalue weighted by atomic mass is 9.96. The molecule has 1 aromatic rings. The number of carbonyl (C=O) groups is 1. The summed E-state index contributed by atoms with van der Waals surface area (Å²) in [6, 6.07) is 6.07. The molecule has 0 saturated carbocycles. The van der Waals surface area contributed by atoms with E-state index in [0.29, 0.717) is 18.2 Å². The Morgan fingerprint density at radius 1 is 1.19 bits per heavy atom. The zero-order chi connectivity index (χ0) is 17.9. The van der Waals surface area contributed by atoms with Crippen LogP contribution >= 0.6 is 24.8 Å². The molecule has 0 unspecified atom stereocenters. The molecule has 1 saturated heterocycles. The van der Waals surface area contributed by atoms with Crippen LogP contribution in [0.4, 0.5) is 5.82 Å². The molecule has 5 nitrogen and oxygen atoms in total. The Labute approximate surface area is 176 Å². The molecule has 1 amide bonds. The van der Waals surface area contributed by atoms with E-state index in [1.54, 1.807) is 0 Å². The van der Waals surface area contributed by atoms with Gasteiger partial charge in [0.15, 0.2) is 0 Å². The van der Waals surface area contributed by atoms with Crippen LogP contribution in [-0.4, -0.2) is 48.5 Å². The fourth-order valence-corrected chi connectivity index (χ4v) is 3.54. The number of unbranched alkanes of at least 4 members (excludes halogenated alkanes) is 3. The molecular formula is C20H36Cl2N4O. The van der Waals surface area contributed by atoms with Gasteiger partial charge < -0.3 is 15.5 Å². The highest BCUT2D eigenvalue weighted by Crippen LogP contribution is 2.22. The summed E-state index contributed by atoms with van der Waals surface area (Å²) in [5.74, 6) is 2.00. The van der Waals surface area contributed by atoms with Crippen LogP contribution in [0.2, 0.25) is 0 Å². The molecule has 2 heterocycles. The summed E-state index contributed by atoms with van der Waals surface area (Å²) in [5, 5.41) is 0. The third kappa shape index (κ3) is 9.13. The number of hydrogen-bond donors (Lipinski definition) is 1. The highest BCUT2D eigenvalue weighted by Gasteiger charge is 2.23. The van der Waals surface area contributed by atoms with Gasteiger partial charge in [-0.25, -0.2) is 4.98 Å². The monoisotopic (exact) mass is 418 g/mol. The van der Waals surface area contributed by atoms with Gasteiger partial charge in [0.05, 0.1) is 0 Å². The largest absolute Gasteiger partial charge is 0.357 e. The van der Waals surface area contributed by atoms with Crippen molar-refractivity contribution in [3.05, 3.63) is 24.4 Å². The molecule has 27 heavy (non-hydrogen) atoms. The molecule has 0 spiro atoms. The van der Waals surface area contributed by atoms with E-state index in [1.165, 1.54) is 0 Å². The van der Waals surface area contributed by atoms with E-state index in [2.05, 4.69) is 27.8 Å². The van der Waals surface area contributed by atoms with Crippen molar-refractivity contribution in [3.8, 4) is 0 Å². The number of piperidine rings is 1. The first-order valence-electron chi connectivity index (χ1n) is 9.88. The van der Waals surface area contributed by atoms with Crippen molar-refractivity contribution in [3.63, 3.8) is 0 Å². The van der Waals surface area contributed by atoms with Crippen LogP contribution in [0.5, 0.6) is 0 Å². The van der Waals surface area contributed by atoms with Crippen LogP contribution < -0.4 is 10.6 Å². The van der Waals surface area contributed by atoms with E-state index in [9.17, 15) is 4.79 Å². The molecule has 7 heteroatoms. The van der Waals surface area contributed by atoms with Gasteiger partial charge in [-0.05, 0) is 57.2 Å². The number of anilines is 1. The van der Waals surface area contributed by atoms with Gasteiger partial charge in [-0.1, -0.05) is 18.9 Å². The van der Waals surface area contributed by atoms with E-state index in [4.69, 9.17) is 5.73 Å². The SMILES string of the molecule is CCN(CC1CCN(c2ccccn2)CC1)C(=O)CCCCCCN.Cl.Cl. The molecule has 0 radical (unpaired) electrons. The molecule has 0 atom stereocenters. The van der Waals surface area contributed by atoms with Crippen molar-refractivity contribution in [2.75, 3.05) is 37.6 Å². The van der Waals surface area contributed by atoms with Gasteiger partial charge in [0.1, 0.15) is 5.82 Å². The van der Waals surface area contributed by atoms with Gasteiger partial charge in [-0.15, -0.1) is 24.8 Å². The number of nitrogens with zero attached hydrogens (tertiary/aromatic N) is 3. The maximum Gasteiger partial charge on any atom is 0.222 e. The normalized spacial score (nSPS) is 14.2. The van der Waals surface area contributed by atoms with Gasteiger partial charge in [-0.3, -0.25) is 4.79 Å². The van der Waals surface area contributed by atoms with Gasteiger partial charge >= 0.3 is 0 Å². The molecule has 0 aromatic carbocycles. The Bertz CT molecular complexity index is 496. The summed E-state index contributed by atoms with van der Waals surface area (Å²) in [6.07, 6.45) is 9.13. The van der Waals surface area contributed by atoms with Crippen LogP contribution in [0.1, 0.15) is 51.9 Å². The lowest BCUT2D eigenvalue weighted by molar-refractivity contribution is -0.131. The van der Waals surface area contributed by atoms with Crippen molar-refractivity contribution in [1.29, 1.82) is 0 Å². The molecule has 1 aliphatic heterocycles. The summed E-state index contributed by atoms with van der Waals surface area (Å²) < 4.78 is 0. The van der Waals surface area contributed by atoms with Crippen LogP contribution in [0.15, 0.2) is 24.4 Å². The summed E-state index contributed by atoms with van der Waals surface area (Å²) in [7, 11) is 0. The van der Waals surface area contributed by atoms with Crippen molar-refractivity contribution in [1.82, 2.24) is 9.88 Å². The van der Waals surface area contributed by atoms with Crippen molar-refractivity contribution < 1.29 is 4.79 Å². The van der Waals surface area contributed by atoms with Crippen LogP contribution in [0.3, 0.4) is 0 Å². The average molecular weight is 419 g/mol. The van der Waals surface area contributed by atoms with E-state index < -0.39 is 0 Å². The lowest BCUT2D eigenvalue weighted by Crippen LogP contribution is -2.41. The van der Waals surface area contributed by atoms with Gasteiger partial charge in [0.2, 0.25) is 5.91 Å². The summed E-state index contributed by atoms with van der Waals surface area (Å²) in [6.45, 7) is 6.65. The Kier molecular flexibility index (Phi) is 14.4. The number of pyridine rings is 1. The second-order valence-electron chi connectivity index (χ2n) is 7.00. The zero-order valence-electron chi connectivity index (χ0n) is 16.5. The first kappa shape index (κ1) is 26.0. The third-order valence-corrected chi connectivity index (χ3v) is 5.15. The van der Waals surface area contributed by atoms with E-state index >= 15 is 0 Å². The van der Waals surface area contributed by atoms with Gasteiger partial charge in [0.25, 0.3) is 0 Å². The number of amides is 1. The maximum atomic E-state index is 12.4. The fourth-order valence-electron chi connectivity index (χ4n) is 3.54. The minimum Gasteiger partial charge on any atom is -0.357 e. The Balaban J connectivity index is 0.00000338. The van der Waals surface area contributed by atoms with E-state index in [0.717, 1.165) is 77.1 Å². The van der Waals surface area contributed by atoms with E-state index in [1.807, 2.05) is 18.3 Å². The molecule has 0 bridgehead atoms. The number of hydrogen-bond acceptors (Lipinski definition) is 4. The number of rotatable bonds is 10. The summed E-state index contributed by atoms with van der Waals surface area (Å²) in [5.41, 5.74) is 5.51. The average Bonchev–Trinajstić information content (AvgIpc) is 2.67. The predicted molar refractivity (Wildman–Crippen MR) is 118 cm³/mol. The highest BCUT2D eigenvalue weighted by molar-refractivity contribution is 5.85. The lowest BCUT2D eigenvalue weighted by Gasteiger charge is -2.35. The topological polar surface area (TPSA) is 62.5 Å². The van der Waals surface area contributed by atoms with Crippen LogP contribution in [-0.2, 0) is 4.79 Å². The third-order valence-electron chi connectivity index (χ3n) is 5.15.